The summed E-state index contributed by atoms with van der Waals surface area (Å²) in [5.41, 5.74) is 2.95. The summed E-state index contributed by atoms with van der Waals surface area (Å²) >= 11 is 0. The van der Waals surface area contributed by atoms with Crippen LogP contribution >= 0.6 is 0 Å². The average molecular weight is 402 g/mol. The molecule has 0 aliphatic carbocycles. The van der Waals surface area contributed by atoms with Gasteiger partial charge >= 0.3 is 0 Å². The van der Waals surface area contributed by atoms with Crippen molar-refractivity contribution in [3.8, 4) is 11.1 Å². The number of halogens is 1. The van der Waals surface area contributed by atoms with Crippen LogP contribution in [0.5, 0.6) is 0 Å². The number of rotatable bonds is 4. The van der Waals surface area contributed by atoms with Crippen LogP contribution in [0.4, 0.5) is 4.39 Å². The predicted molar refractivity (Wildman–Crippen MR) is 114 cm³/mol. The van der Waals surface area contributed by atoms with Gasteiger partial charge in [0.2, 0.25) is 5.91 Å². The zero-order chi connectivity index (χ0) is 20.9. The zero-order valence-corrected chi connectivity index (χ0v) is 16.6. The Morgan fingerprint density at radius 1 is 0.967 bits per heavy atom. The molecule has 0 saturated carbocycles. The topological polar surface area (TPSA) is 49.4 Å². The molecule has 2 amide bonds. The largest absolute Gasteiger partial charge is 0.354 e. The quantitative estimate of drug-likeness (QED) is 0.719. The van der Waals surface area contributed by atoms with Crippen LogP contribution in [0.25, 0.3) is 11.1 Å². The van der Waals surface area contributed by atoms with Crippen molar-refractivity contribution in [3.05, 3.63) is 95.8 Å². The number of benzene rings is 3. The van der Waals surface area contributed by atoms with Crippen LogP contribution in [0.15, 0.2) is 78.9 Å². The molecule has 1 fully saturated rings. The molecule has 1 atom stereocenters. The molecular formula is C25H23FN2O2. The lowest BCUT2D eigenvalue weighted by Crippen LogP contribution is -2.37. The Morgan fingerprint density at radius 2 is 1.67 bits per heavy atom. The van der Waals surface area contributed by atoms with Crippen molar-refractivity contribution in [2.45, 2.75) is 6.42 Å². The molecule has 152 valence electrons. The van der Waals surface area contributed by atoms with E-state index in [4.69, 9.17) is 0 Å². The summed E-state index contributed by atoms with van der Waals surface area (Å²) in [6.45, 7) is 1.30. The molecule has 1 unspecified atom stereocenters. The molecule has 1 N–H and O–H groups in total. The van der Waals surface area contributed by atoms with E-state index in [1.165, 1.54) is 6.07 Å². The lowest BCUT2D eigenvalue weighted by molar-refractivity contribution is -0.124. The van der Waals surface area contributed by atoms with E-state index in [-0.39, 0.29) is 23.5 Å². The van der Waals surface area contributed by atoms with Gasteiger partial charge in [0.25, 0.3) is 5.91 Å². The lowest BCUT2D eigenvalue weighted by Gasteiger charge is -2.23. The molecule has 0 radical (unpaired) electrons. The van der Waals surface area contributed by atoms with Gasteiger partial charge in [-0.2, -0.15) is 0 Å². The second-order valence-corrected chi connectivity index (χ2v) is 7.49. The van der Waals surface area contributed by atoms with Crippen molar-refractivity contribution in [3.63, 3.8) is 0 Å². The van der Waals surface area contributed by atoms with E-state index < -0.39 is 0 Å². The first kappa shape index (κ1) is 19.8. The van der Waals surface area contributed by atoms with Gasteiger partial charge in [-0.1, -0.05) is 60.7 Å². The van der Waals surface area contributed by atoms with Gasteiger partial charge in [-0.15, -0.1) is 0 Å². The minimum absolute atomic E-state index is 0.0449. The Labute approximate surface area is 175 Å². The third-order valence-corrected chi connectivity index (χ3v) is 5.42. The van der Waals surface area contributed by atoms with E-state index in [1.54, 1.807) is 35.2 Å². The molecule has 1 saturated heterocycles. The summed E-state index contributed by atoms with van der Waals surface area (Å²) in [6, 6.07) is 23.4. The third kappa shape index (κ3) is 4.40. The van der Waals surface area contributed by atoms with Gasteiger partial charge < -0.3 is 10.2 Å². The highest BCUT2D eigenvalue weighted by atomic mass is 19.1. The minimum atomic E-state index is -0.334. The second kappa shape index (κ2) is 8.91. The summed E-state index contributed by atoms with van der Waals surface area (Å²) in [5, 5.41) is 2.91. The number of carbonyl (C=O) groups is 2. The van der Waals surface area contributed by atoms with Crippen LogP contribution in [0, 0.1) is 11.7 Å². The molecule has 1 aliphatic heterocycles. The number of amides is 2. The molecule has 5 heteroatoms. The maximum absolute atomic E-state index is 14.0. The van der Waals surface area contributed by atoms with Gasteiger partial charge in [-0.05, 0) is 35.7 Å². The fraction of sp³-hybridized carbons (Fsp3) is 0.200. The minimum Gasteiger partial charge on any atom is -0.354 e. The van der Waals surface area contributed by atoms with E-state index in [0.717, 1.165) is 11.1 Å². The molecule has 1 aliphatic rings. The number of hydrogen-bond acceptors (Lipinski definition) is 2. The number of nitrogens with zero attached hydrogens (tertiary/aromatic N) is 1. The van der Waals surface area contributed by atoms with E-state index in [9.17, 15) is 14.0 Å². The van der Waals surface area contributed by atoms with E-state index >= 15 is 0 Å². The summed E-state index contributed by atoms with van der Waals surface area (Å²) < 4.78 is 14.0. The van der Waals surface area contributed by atoms with Crippen LogP contribution in [0.1, 0.15) is 15.9 Å². The maximum atomic E-state index is 14.0. The van der Waals surface area contributed by atoms with Crippen molar-refractivity contribution < 1.29 is 14.0 Å². The highest BCUT2D eigenvalue weighted by Crippen LogP contribution is 2.24. The first-order valence-electron chi connectivity index (χ1n) is 10.1. The van der Waals surface area contributed by atoms with E-state index in [1.807, 2.05) is 42.5 Å². The van der Waals surface area contributed by atoms with Gasteiger partial charge in [0.15, 0.2) is 0 Å². The van der Waals surface area contributed by atoms with Gasteiger partial charge in [0, 0.05) is 30.8 Å². The van der Waals surface area contributed by atoms with Crippen LogP contribution in [0.2, 0.25) is 0 Å². The summed E-state index contributed by atoms with van der Waals surface area (Å²) in [6.07, 6.45) is 0.516. The van der Waals surface area contributed by atoms with Crippen LogP contribution in [-0.2, 0) is 11.2 Å². The number of nitrogens with one attached hydrogen (secondary N) is 1. The monoisotopic (exact) mass is 402 g/mol. The Kier molecular flexibility index (Phi) is 5.89. The fourth-order valence-corrected chi connectivity index (χ4v) is 3.80. The Morgan fingerprint density at radius 3 is 2.40 bits per heavy atom. The molecule has 0 spiro atoms. The second-order valence-electron chi connectivity index (χ2n) is 7.49. The van der Waals surface area contributed by atoms with Crippen LogP contribution in [-0.4, -0.2) is 36.3 Å². The standard InChI is InChI=1S/C25H23FN2O2/c26-23-9-5-4-8-22(23)19-12-10-18(11-13-19)16-21-17-28(15-14-27-24(21)29)25(30)20-6-2-1-3-7-20/h1-13,21H,14-17H2,(H,27,29). The van der Waals surface area contributed by atoms with Crippen LogP contribution in [0.3, 0.4) is 0 Å². The molecule has 4 nitrogen and oxygen atoms in total. The first-order valence-corrected chi connectivity index (χ1v) is 10.1. The smallest absolute Gasteiger partial charge is 0.253 e. The van der Waals surface area contributed by atoms with Crippen molar-refractivity contribution >= 4 is 11.8 Å². The SMILES string of the molecule is O=C1NCCN(C(=O)c2ccccc2)CC1Cc1ccc(-c2ccccc2F)cc1. The molecule has 0 bridgehead atoms. The van der Waals surface area contributed by atoms with E-state index in [2.05, 4.69) is 5.32 Å². The van der Waals surface area contributed by atoms with E-state index in [0.29, 0.717) is 37.2 Å². The number of hydrogen-bond donors (Lipinski definition) is 1. The lowest BCUT2D eigenvalue weighted by atomic mass is 9.95. The molecular weight excluding hydrogens is 379 g/mol. The highest BCUT2D eigenvalue weighted by Gasteiger charge is 2.28. The molecule has 4 rings (SSSR count). The van der Waals surface area contributed by atoms with Gasteiger partial charge in [0.1, 0.15) is 5.82 Å². The average Bonchev–Trinajstić information content (AvgIpc) is 2.96. The molecule has 1 heterocycles. The summed E-state index contributed by atoms with van der Waals surface area (Å²) in [4.78, 5) is 27.1. The first-order chi connectivity index (χ1) is 14.6. The van der Waals surface area contributed by atoms with Gasteiger partial charge in [-0.3, -0.25) is 9.59 Å². The van der Waals surface area contributed by atoms with Gasteiger partial charge in [-0.25, -0.2) is 4.39 Å². The Bertz CT molecular complexity index is 1030. The molecule has 3 aromatic rings. The van der Waals surface area contributed by atoms with Gasteiger partial charge in [0.05, 0.1) is 5.92 Å². The fourth-order valence-electron chi connectivity index (χ4n) is 3.80. The normalized spacial score (nSPS) is 16.6. The maximum Gasteiger partial charge on any atom is 0.253 e. The molecule has 0 aromatic heterocycles. The summed E-state index contributed by atoms with van der Waals surface area (Å²) in [7, 11) is 0. The highest BCUT2D eigenvalue weighted by molar-refractivity contribution is 5.94. The predicted octanol–water partition coefficient (Wildman–Crippen LogP) is 3.92. The third-order valence-electron chi connectivity index (χ3n) is 5.42. The number of carbonyl (C=O) groups excluding carboxylic acids is 2. The molecule has 3 aromatic carbocycles. The summed E-state index contributed by atoms with van der Waals surface area (Å²) in [5.74, 6) is -0.702. The van der Waals surface area contributed by atoms with Crippen LogP contribution < -0.4 is 5.32 Å². The van der Waals surface area contributed by atoms with Crippen molar-refractivity contribution in [2.75, 3.05) is 19.6 Å². The zero-order valence-electron chi connectivity index (χ0n) is 16.6. The van der Waals surface area contributed by atoms with Crippen molar-refractivity contribution in [1.82, 2.24) is 10.2 Å². The van der Waals surface area contributed by atoms with Crippen molar-refractivity contribution in [2.24, 2.45) is 5.92 Å². The molecule has 30 heavy (non-hydrogen) atoms. The Balaban J connectivity index is 1.49. The van der Waals surface area contributed by atoms with Crippen molar-refractivity contribution in [1.29, 1.82) is 0 Å². The Hall–Kier alpha value is -3.47.